The summed E-state index contributed by atoms with van der Waals surface area (Å²) in [5.74, 6) is -2.38. The normalized spacial score (nSPS) is 12.5. The van der Waals surface area contributed by atoms with E-state index in [4.69, 9.17) is 10.2 Å². The van der Waals surface area contributed by atoms with Crippen LogP contribution in [0.4, 0.5) is 0 Å². The number of aliphatic carboxylic acids is 2. The van der Waals surface area contributed by atoms with Gasteiger partial charge in [-0.2, -0.15) is 0 Å². The van der Waals surface area contributed by atoms with E-state index in [-0.39, 0.29) is 0 Å². The molecule has 4 heteroatoms. The minimum absolute atomic E-state index is 0.406. The van der Waals surface area contributed by atoms with Crippen LogP contribution in [0.1, 0.15) is 36.8 Å². The Morgan fingerprint density at radius 3 is 1.18 bits per heavy atom. The molecule has 0 aromatic heterocycles. The molecule has 0 unspecified atom stereocenters. The molecule has 22 heavy (non-hydrogen) atoms. The van der Waals surface area contributed by atoms with E-state index in [2.05, 4.69) is 0 Å². The summed E-state index contributed by atoms with van der Waals surface area (Å²) in [4.78, 5) is 21.0. The van der Waals surface area contributed by atoms with Gasteiger partial charge >= 0.3 is 11.9 Å². The van der Waals surface area contributed by atoms with Gasteiger partial charge in [0.25, 0.3) is 0 Å². The second-order valence-corrected chi connectivity index (χ2v) is 4.94. The van der Waals surface area contributed by atoms with E-state index >= 15 is 0 Å². The third kappa shape index (κ3) is 5.40. The zero-order chi connectivity index (χ0) is 16.5. The largest absolute Gasteiger partial charge is 0.481 e. The van der Waals surface area contributed by atoms with Crippen LogP contribution in [0, 0.1) is 0 Å². The van der Waals surface area contributed by atoms with E-state index in [1.54, 1.807) is 13.8 Å². The molecule has 0 bridgehead atoms. The van der Waals surface area contributed by atoms with Crippen LogP contribution in [0.3, 0.4) is 0 Å². The van der Waals surface area contributed by atoms with Crippen LogP contribution in [-0.2, 0) is 9.59 Å². The molecule has 0 fully saturated rings. The lowest BCUT2D eigenvalue weighted by molar-refractivity contribution is -0.139. The van der Waals surface area contributed by atoms with Crippen LogP contribution in [-0.4, -0.2) is 22.2 Å². The van der Waals surface area contributed by atoms with Crippen LogP contribution in [0.2, 0.25) is 0 Å². The summed E-state index contributed by atoms with van der Waals surface area (Å²) in [6.07, 6.45) is 0. The van der Waals surface area contributed by atoms with Gasteiger partial charge in [0.05, 0.1) is 11.8 Å². The minimum atomic E-state index is -0.781. The molecule has 0 heterocycles. The maximum absolute atomic E-state index is 10.5. The van der Waals surface area contributed by atoms with E-state index in [9.17, 15) is 9.59 Å². The fraction of sp³-hybridized carbons (Fsp3) is 0.222. The number of carbonyl (C=O) groups is 2. The molecule has 4 nitrogen and oxygen atoms in total. The van der Waals surface area contributed by atoms with Gasteiger partial charge in [0, 0.05) is 0 Å². The molecule has 0 aliphatic heterocycles. The van der Waals surface area contributed by atoms with E-state index in [1.165, 1.54) is 0 Å². The highest BCUT2D eigenvalue weighted by molar-refractivity contribution is 5.75. The first kappa shape index (κ1) is 17.4. The Morgan fingerprint density at radius 2 is 0.955 bits per heavy atom. The summed E-state index contributed by atoms with van der Waals surface area (Å²) in [7, 11) is 0. The predicted molar refractivity (Wildman–Crippen MR) is 85.0 cm³/mol. The van der Waals surface area contributed by atoms with Gasteiger partial charge in [0.2, 0.25) is 0 Å². The molecule has 0 saturated heterocycles. The Balaban J connectivity index is 0.000000220. The lowest BCUT2D eigenvalue weighted by Gasteiger charge is -2.04. The van der Waals surface area contributed by atoms with Gasteiger partial charge in [0.15, 0.2) is 0 Å². The summed E-state index contributed by atoms with van der Waals surface area (Å²) >= 11 is 0. The maximum atomic E-state index is 10.5. The topological polar surface area (TPSA) is 74.6 Å². The average Bonchev–Trinajstić information content (AvgIpc) is 2.55. The first-order valence-electron chi connectivity index (χ1n) is 6.99. The predicted octanol–water partition coefficient (Wildman–Crippen LogP) is 3.75. The highest BCUT2D eigenvalue weighted by atomic mass is 16.4. The third-order valence-corrected chi connectivity index (χ3v) is 3.34. The molecule has 0 aliphatic carbocycles. The zero-order valence-corrected chi connectivity index (χ0v) is 12.6. The smallest absolute Gasteiger partial charge is 0.310 e. The van der Waals surface area contributed by atoms with Gasteiger partial charge in [-0.1, -0.05) is 60.7 Å². The Labute approximate surface area is 130 Å². The molecule has 2 aromatic carbocycles. The average molecular weight is 300 g/mol. The number of hydrogen-bond acceptors (Lipinski definition) is 2. The first-order valence-corrected chi connectivity index (χ1v) is 6.99. The van der Waals surface area contributed by atoms with Crippen molar-refractivity contribution in [2.45, 2.75) is 25.7 Å². The zero-order valence-electron chi connectivity index (χ0n) is 12.6. The van der Waals surface area contributed by atoms with Crippen LogP contribution in [0.25, 0.3) is 0 Å². The molecular formula is C18H20O4. The lowest BCUT2D eigenvalue weighted by atomic mass is 10.0. The van der Waals surface area contributed by atoms with Crippen molar-refractivity contribution in [1.82, 2.24) is 0 Å². The molecule has 0 saturated carbocycles. The van der Waals surface area contributed by atoms with Crippen molar-refractivity contribution in [3.63, 3.8) is 0 Å². The van der Waals surface area contributed by atoms with E-state index in [1.807, 2.05) is 60.7 Å². The van der Waals surface area contributed by atoms with Gasteiger partial charge in [-0.3, -0.25) is 9.59 Å². The molecule has 2 N–H and O–H groups in total. The number of carboxylic acid groups (broad SMARTS) is 2. The van der Waals surface area contributed by atoms with Crippen LogP contribution in [0.15, 0.2) is 60.7 Å². The Morgan fingerprint density at radius 1 is 0.682 bits per heavy atom. The number of rotatable bonds is 4. The highest BCUT2D eigenvalue weighted by Gasteiger charge is 2.12. The Bertz CT molecular complexity index is 537. The lowest BCUT2D eigenvalue weighted by Crippen LogP contribution is -2.06. The maximum Gasteiger partial charge on any atom is 0.310 e. The van der Waals surface area contributed by atoms with E-state index in [0.29, 0.717) is 0 Å². The SMILES string of the molecule is C[C@H](C(=O)O)c1ccccc1.C[C@H](C(=O)O)c1ccccc1. The monoisotopic (exact) mass is 300 g/mol. The summed E-state index contributed by atoms with van der Waals surface area (Å²) in [5, 5.41) is 17.3. The second kappa shape index (κ2) is 8.62. The van der Waals surface area contributed by atoms with E-state index in [0.717, 1.165) is 11.1 Å². The van der Waals surface area contributed by atoms with Crippen molar-refractivity contribution in [1.29, 1.82) is 0 Å². The fourth-order valence-corrected chi connectivity index (χ4v) is 1.77. The second-order valence-electron chi connectivity index (χ2n) is 4.94. The van der Waals surface area contributed by atoms with Crippen LogP contribution < -0.4 is 0 Å². The molecule has 2 aromatic rings. The summed E-state index contributed by atoms with van der Waals surface area (Å²) < 4.78 is 0. The van der Waals surface area contributed by atoms with Crippen molar-refractivity contribution in [3.8, 4) is 0 Å². The Hall–Kier alpha value is -2.62. The van der Waals surface area contributed by atoms with Crippen molar-refractivity contribution in [2.24, 2.45) is 0 Å². The van der Waals surface area contributed by atoms with Crippen LogP contribution >= 0.6 is 0 Å². The molecule has 116 valence electrons. The van der Waals surface area contributed by atoms with Gasteiger partial charge in [-0.05, 0) is 25.0 Å². The summed E-state index contributed by atoms with van der Waals surface area (Å²) in [6, 6.07) is 18.4. The molecule has 2 atom stereocenters. The van der Waals surface area contributed by atoms with Crippen molar-refractivity contribution in [2.75, 3.05) is 0 Å². The summed E-state index contributed by atoms with van der Waals surface area (Å²) in [5.41, 5.74) is 1.69. The molecule has 0 spiro atoms. The van der Waals surface area contributed by atoms with Gasteiger partial charge < -0.3 is 10.2 Å². The standard InChI is InChI=1S/2C9H10O2/c2*1-7(9(10)11)8-5-3-2-4-6-8/h2*2-7H,1H3,(H,10,11)/t2*7-/m00/s1. The van der Waals surface area contributed by atoms with Crippen molar-refractivity contribution in [3.05, 3.63) is 71.8 Å². The number of hydrogen-bond donors (Lipinski definition) is 2. The molecular weight excluding hydrogens is 280 g/mol. The Kier molecular flexibility index (Phi) is 6.83. The summed E-state index contributed by atoms with van der Waals surface area (Å²) in [6.45, 7) is 3.36. The van der Waals surface area contributed by atoms with Gasteiger partial charge in [-0.25, -0.2) is 0 Å². The molecule has 0 radical (unpaired) electrons. The van der Waals surface area contributed by atoms with Crippen molar-refractivity contribution >= 4 is 11.9 Å². The number of carboxylic acids is 2. The number of benzene rings is 2. The highest BCUT2D eigenvalue weighted by Crippen LogP contribution is 2.14. The molecule has 0 aliphatic rings. The third-order valence-electron chi connectivity index (χ3n) is 3.34. The quantitative estimate of drug-likeness (QED) is 0.901. The van der Waals surface area contributed by atoms with Gasteiger partial charge in [0.1, 0.15) is 0 Å². The van der Waals surface area contributed by atoms with Crippen LogP contribution in [0.5, 0.6) is 0 Å². The minimum Gasteiger partial charge on any atom is -0.481 e. The van der Waals surface area contributed by atoms with Gasteiger partial charge in [-0.15, -0.1) is 0 Å². The molecule has 2 rings (SSSR count). The molecule has 0 amide bonds. The van der Waals surface area contributed by atoms with Crippen molar-refractivity contribution < 1.29 is 19.8 Å². The fourth-order valence-electron chi connectivity index (χ4n) is 1.77. The van der Waals surface area contributed by atoms with E-state index < -0.39 is 23.8 Å². The first-order chi connectivity index (χ1) is 10.4.